The highest BCUT2D eigenvalue weighted by molar-refractivity contribution is 6.30. The van der Waals surface area contributed by atoms with E-state index >= 15 is 0 Å². The summed E-state index contributed by atoms with van der Waals surface area (Å²) >= 11 is 5.69. The van der Waals surface area contributed by atoms with Crippen LogP contribution in [0.4, 0.5) is 5.82 Å². The van der Waals surface area contributed by atoms with E-state index < -0.39 is 0 Å². The molecule has 0 aliphatic heterocycles. The van der Waals surface area contributed by atoms with Crippen molar-refractivity contribution in [3.05, 3.63) is 23.4 Å². The van der Waals surface area contributed by atoms with Crippen LogP contribution in [-0.2, 0) is 4.79 Å². The SMILES string of the molecule is CC(C)C(=O)N(C)c1ccc(Cl)cn1. The van der Waals surface area contributed by atoms with Crippen LogP contribution in [0.1, 0.15) is 13.8 Å². The molecule has 3 nitrogen and oxygen atoms in total. The molecule has 0 aliphatic rings. The van der Waals surface area contributed by atoms with Crippen molar-refractivity contribution in [1.82, 2.24) is 4.98 Å². The number of halogens is 1. The molecule has 1 aromatic rings. The third kappa shape index (κ3) is 2.45. The second-order valence-corrected chi connectivity index (χ2v) is 3.82. The Hall–Kier alpha value is -1.09. The molecule has 0 unspecified atom stereocenters. The van der Waals surface area contributed by atoms with Gasteiger partial charge in [-0.1, -0.05) is 25.4 Å². The third-order valence-electron chi connectivity index (χ3n) is 1.88. The standard InChI is InChI=1S/C10H13ClN2O/c1-7(2)10(14)13(3)9-5-4-8(11)6-12-9/h4-7H,1-3H3. The molecule has 0 fully saturated rings. The van der Waals surface area contributed by atoms with E-state index in [0.29, 0.717) is 10.8 Å². The Labute approximate surface area is 88.7 Å². The van der Waals surface area contributed by atoms with Gasteiger partial charge in [0.05, 0.1) is 5.02 Å². The average molecular weight is 213 g/mol. The number of hydrogen-bond acceptors (Lipinski definition) is 2. The lowest BCUT2D eigenvalue weighted by molar-refractivity contribution is -0.121. The fraction of sp³-hybridized carbons (Fsp3) is 0.400. The Bertz CT molecular complexity index is 321. The van der Waals surface area contributed by atoms with Crippen LogP contribution in [0.5, 0.6) is 0 Å². The maximum atomic E-state index is 11.6. The summed E-state index contributed by atoms with van der Waals surface area (Å²) in [5, 5.41) is 0.569. The summed E-state index contributed by atoms with van der Waals surface area (Å²) < 4.78 is 0. The molecular formula is C10H13ClN2O. The smallest absolute Gasteiger partial charge is 0.230 e. The Balaban J connectivity index is 2.84. The Kier molecular flexibility index (Phi) is 3.47. The van der Waals surface area contributed by atoms with Crippen LogP contribution in [0.15, 0.2) is 18.3 Å². The largest absolute Gasteiger partial charge is 0.300 e. The maximum Gasteiger partial charge on any atom is 0.230 e. The second-order valence-electron chi connectivity index (χ2n) is 3.39. The Morgan fingerprint density at radius 3 is 2.57 bits per heavy atom. The first kappa shape index (κ1) is 11.0. The maximum absolute atomic E-state index is 11.6. The van der Waals surface area contributed by atoms with Crippen molar-refractivity contribution in [1.29, 1.82) is 0 Å². The van der Waals surface area contributed by atoms with Gasteiger partial charge in [0.1, 0.15) is 5.82 Å². The van der Waals surface area contributed by atoms with Crippen LogP contribution >= 0.6 is 11.6 Å². The molecule has 0 radical (unpaired) electrons. The highest BCUT2D eigenvalue weighted by Gasteiger charge is 2.14. The molecule has 76 valence electrons. The molecular weight excluding hydrogens is 200 g/mol. The zero-order valence-electron chi connectivity index (χ0n) is 8.49. The van der Waals surface area contributed by atoms with Crippen LogP contribution in [0.2, 0.25) is 5.02 Å². The lowest BCUT2D eigenvalue weighted by Crippen LogP contribution is -2.30. The minimum Gasteiger partial charge on any atom is -0.300 e. The summed E-state index contributed by atoms with van der Waals surface area (Å²) in [4.78, 5) is 17.2. The minimum atomic E-state index is -0.0301. The van der Waals surface area contributed by atoms with E-state index in [9.17, 15) is 4.79 Å². The number of nitrogens with zero attached hydrogens (tertiary/aromatic N) is 2. The first-order valence-corrected chi connectivity index (χ1v) is 4.79. The van der Waals surface area contributed by atoms with Gasteiger partial charge in [-0.2, -0.15) is 0 Å². The Morgan fingerprint density at radius 2 is 2.14 bits per heavy atom. The van der Waals surface area contributed by atoms with Gasteiger partial charge in [0.15, 0.2) is 0 Å². The molecule has 0 N–H and O–H groups in total. The average Bonchev–Trinajstić information content (AvgIpc) is 2.16. The van der Waals surface area contributed by atoms with Crippen LogP contribution in [0, 0.1) is 5.92 Å². The van der Waals surface area contributed by atoms with Crippen molar-refractivity contribution in [3.63, 3.8) is 0 Å². The molecule has 0 spiro atoms. The van der Waals surface area contributed by atoms with Crippen molar-refractivity contribution < 1.29 is 4.79 Å². The summed E-state index contributed by atoms with van der Waals surface area (Å²) in [5.74, 6) is 0.630. The molecule has 1 aromatic heterocycles. The normalized spacial score (nSPS) is 10.4. The first-order chi connectivity index (χ1) is 6.52. The van der Waals surface area contributed by atoms with Crippen LogP contribution in [-0.4, -0.2) is 17.9 Å². The number of anilines is 1. The van der Waals surface area contributed by atoms with Gasteiger partial charge in [-0.3, -0.25) is 9.69 Å². The quantitative estimate of drug-likeness (QED) is 0.754. The van der Waals surface area contributed by atoms with Gasteiger partial charge in [0, 0.05) is 19.2 Å². The molecule has 4 heteroatoms. The highest BCUT2D eigenvalue weighted by atomic mass is 35.5. The number of amides is 1. The molecule has 0 aromatic carbocycles. The zero-order valence-corrected chi connectivity index (χ0v) is 9.25. The number of aromatic nitrogens is 1. The molecule has 1 amide bonds. The van der Waals surface area contributed by atoms with Gasteiger partial charge in [0.2, 0.25) is 5.91 Å². The lowest BCUT2D eigenvalue weighted by atomic mass is 10.2. The molecule has 0 saturated heterocycles. The summed E-state index contributed by atoms with van der Waals surface area (Å²) in [6.07, 6.45) is 1.53. The van der Waals surface area contributed by atoms with Crippen LogP contribution in [0.25, 0.3) is 0 Å². The van der Waals surface area contributed by atoms with E-state index in [1.807, 2.05) is 13.8 Å². The van der Waals surface area contributed by atoms with E-state index in [2.05, 4.69) is 4.98 Å². The van der Waals surface area contributed by atoms with E-state index in [-0.39, 0.29) is 11.8 Å². The topological polar surface area (TPSA) is 33.2 Å². The zero-order chi connectivity index (χ0) is 10.7. The summed E-state index contributed by atoms with van der Waals surface area (Å²) in [6, 6.07) is 3.44. The minimum absolute atomic E-state index is 0.0301. The van der Waals surface area contributed by atoms with Gasteiger partial charge in [0.25, 0.3) is 0 Å². The van der Waals surface area contributed by atoms with Crippen molar-refractivity contribution >= 4 is 23.3 Å². The second kappa shape index (κ2) is 4.42. The van der Waals surface area contributed by atoms with Gasteiger partial charge < -0.3 is 0 Å². The molecule has 0 aliphatic carbocycles. The van der Waals surface area contributed by atoms with E-state index in [1.165, 1.54) is 11.1 Å². The van der Waals surface area contributed by atoms with Crippen molar-refractivity contribution in [2.45, 2.75) is 13.8 Å². The van der Waals surface area contributed by atoms with E-state index in [1.54, 1.807) is 19.2 Å². The highest BCUT2D eigenvalue weighted by Crippen LogP contribution is 2.14. The number of rotatable bonds is 2. The number of carbonyl (C=O) groups excluding carboxylic acids is 1. The van der Waals surface area contributed by atoms with Gasteiger partial charge in [-0.25, -0.2) is 4.98 Å². The molecule has 0 bridgehead atoms. The predicted molar refractivity (Wildman–Crippen MR) is 57.5 cm³/mol. The molecule has 0 saturated carbocycles. The molecule has 1 heterocycles. The van der Waals surface area contributed by atoms with E-state index in [0.717, 1.165) is 0 Å². The van der Waals surface area contributed by atoms with Crippen molar-refractivity contribution in [3.8, 4) is 0 Å². The third-order valence-corrected chi connectivity index (χ3v) is 2.10. The van der Waals surface area contributed by atoms with Crippen molar-refractivity contribution in [2.75, 3.05) is 11.9 Å². The van der Waals surface area contributed by atoms with Crippen molar-refractivity contribution in [2.24, 2.45) is 5.92 Å². The van der Waals surface area contributed by atoms with Crippen LogP contribution in [0.3, 0.4) is 0 Å². The Morgan fingerprint density at radius 1 is 1.50 bits per heavy atom. The molecule has 0 atom stereocenters. The molecule has 14 heavy (non-hydrogen) atoms. The van der Waals surface area contributed by atoms with E-state index in [4.69, 9.17) is 11.6 Å². The van der Waals surface area contributed by atoms with Crippen LogP contribution < -0.4 is 4.90 Å². The molecule has 1 rings (SSSR count). The van der Waals surface area contributed by atoms with Gasteiger partial charge >= 0.3 is 0 Å². The van der Waals surface area contributed by atoms with Gasteiger partial charge in [-0.05, 0) is 12.1 Å². The number of carbonyl (C=O) groups is 1. The summed E-state index contributed by atoms with van der Waals surface area (Å²) in [6.45, 7) is 3.71. The summed E-state index contributed by atoms with van der Waals surface area (Å²) in [7, 11) is 1.71. The lowest BCUT2D eigenvalue weighted by Gasteiger charge is -2.18. The first-order valence-electron chi connectivity index (χ1n) is 4.41. The predicted octanol–water partition coefficient (Wildman–Crippen LogP) is 2.35. The fourth-order valence-electron chi connectivity index (χ4n) is 1.07. The number of hydrogen-bond donors (Lipinski definition) is 0. The summed E-state index contributed by atoms with van der Waals surface area (Å²) in [5.41, 5.74) is 0. The van der Waals surface area contributed by atoms with Gasteiger partial charge in [-0.15, -0.1) is 0 Å². The fourth-order valence-corrected chi connectivity index (χ4v) is 1.18. The monoisotopic (exact) mass is 212 g/mol. The number of pyridine rings is 1.